The van der Waals surface area contributed by atoms with Crippen LogP contribution in [0.4, 0.5) is 11.4 Å². The molecule has 0 atom stereocenters. The van der Waals surface area contributed by atoms with Crippen molar-refractivity contribution >= 4 is 39.1 Å². The van der Waals surface area contributed by atoms with E-state index in [0.717, 1.165) is 73.3 Å². The Kier molecular flexibility index (Phi) is 6.65. The van der Waals surface area contributed by atoms with Crippen LogP contribution in [0.25, 0.3) is 0 Å². The second-order valence-electron chi connectivity index (χ2n) is 8.52. The topological polar surface area (TPSA) is 52.7 Å². The summed E-state index contributed by atoms with van der Waals surface area (Å²) in [6, 6.07) is 16.3. The monoisotopic (exact) mass is 483 g/mol. The molecule has 1 aliphatic heterocycles. The number of rotatable bonds is 5. The second-order valence-corrected chi connectivity index (χ2v) is 9.43. The molecule has 2 aromatic carbocycles. The number of piperazine rings is 1. The molecule has 1 aliphatic carbocycles. The number of benzene rings is 2. The molecule has 1 N–H and O–H groups in total. The lowest BCUT2D eigenvalue weighted by atomic mass is 9.78. The minimum atomic E-state index is -0.443. The Morgan fingerprint density at radius 3 is 2.13 bits per heavy atom. The molecule has 164 valence electrons. The van der Waals surface area contributed by atoms with E-state index in [-0.39, 0.29) is 11.8 Å². The van der Waals surface area contributed by atoms with Gasteiger partial charge in [-0.1, -0.05) is 47.8 Å². The largest absolute Gasteiger partial charge is 0.368 e. The molecule has 0 unspecified atom stereocenters. The summed E-state index contributed by atoms with van der Waals surface area (Å²) in [6.45, 7) is 5.12. The Morgan fingerprint density at radius 1 is 0.935 bits per heavy atom. The average molecular weight is 484 g/mol. The van der Waals surface area contributed by atoms with E-state index in [0.29, 0.717) is 6.42 Å². The van der Waals surface area contributed by atoms with Crippen LogP contribution in [0, 0.1) is 0 Å². The van der Waals surface area contributed by atoms with Gasteiger partial charge in [0.05, 0.1) is 5.41 Å². The fraction of sp³-hybridized carbons (Fsp3) is 0.440. The molecule has 1 saturated heterocycles. The predicted molar refractivity (Wildman–Crippen MR) is 128 cm³/mol. The SMILES string of the molecule is CCC(=O)N1CCN(c2ccc(NC(=O)C3(c4ccc(Br)cc4)CCCC3)cc2)CC1. The maximum Gasteiger partial charge on any atom is 0.235 e. The molecular weight excluding hydrogens is 454 g/mol. The summed E-state index contributed by atoms with van der Waals surface area (Å²) in [5.41, 5.74) is 2.62. The third-order valence-electron chi connectivity index (χ3n) is 6.71. The smallest absolute Gasteiger partial charge is 0.235 e. The molecule has 1 saturated carbocycles. The number of hydrogen-bond acceptors (Lipinski definition) is 3. The molecule has 0 radical (unpaired) electrons. The van der Waals surface area contributed by atoms with Gasteiger partial charge in [0.15, 0.2) is 0 Å². The highest BCUT2D eigenvalue weighted by atomic mass is 79.9. The number of hydrogen-bond donors (Lipinski definition) is 1. The van der Waals surface area contributed by atoms with Gasteiger partial charge >= 0.3 is 0 Å². The van der Waals surface area contributed by atoms with Crippen molar-refractivity contribution in [2.24, 2.45) is 0 Å². The van der Waals surface area contributed by atoms with Crippen molar-refractivity contribution in [1.29, 1.82) is 0 Å². The first kappa shape index (κ1) is 21.9. The molecule has 31 heavy (non-hydrogen) atoms. The van der Waals surface area contributed by atoms with Crippen molar-refractivity contribution in [3.63, 3.8) is 0 Å². The van der Waals surface area contributed by atoms with E-state index in [1.165, 1.54) is 0 Å². The Hall–Kier alpha value is -2.34. The van der Waals surface area contributed by atoms with Crippen molar-refractivity contribution in [1.82, 2.24) is 4.90 Å². The van der Waals surface area contributed by atoms with Crippen LogP contribution >= 0.6 is 15.9 Å². The van der Waals surface area contributed by atoms with Gasteiger partial charge in [0.1, 0.15) is 0 Å². The highest BCUT2D eigenvalue weighted by molar-refractivity contribution is 9.10. The zero-order valence-corrected chi connectivity index (χ0v) is 19.7. The first-order valence-electron chi connectivity index (χ1n) is 11.2. The Labute approximate surface area is 192 Å². The quantitative estimate of drug-likeness (QED) is 0.653. The number of carbonyl (C=O) groups excluding carboxylic acids is 2. The summed E-state index contributed by atoms with van der Waals surface area (Å²) in [5.74, 6) is 0.316. The summed E-state index contributed by atoms with van der Waals surface area (Å²) < 4.78 is 1.03. The van der Waals surface area contributed by atoms with Crippen LogP contribution in [0.1, 0.15) is 44.6 Å². The Bertz CT molecular complexity index is 913. The third kappa shape index (κ3) is 4.64. The fourth-order valence-corrected chi connectivity index (χ4v) is 5.10. The minimum Gasteiger partial charge on any atom is -0.368 e. The van der Waals surface area contributed by atoms with Crippen LogP contribution in [0.15, 0.2) is 53.0 Å². The number of anilines is 2. The van der Waals surface area contributed by atoms with Gasteiger partial charge in [0.25, 0.3) is 0 Å². The number of amides is 2. The fourth-order valence-electron chi connectivity index (χ4n) is 4.84. The molecule has 1 heterocycles. The molecule has 6 heteroatoms. The summed E-state index contributed by atoms with van der Waals surface area (Å²) in [7, 11) is 0. The number of nitrogens with zero attached hydrogens (tertiary/aromatic N) is 2. The Balaban J connectivity index is 1.42. The van der Waals surface area contributed by atoms with Crippen molar-refractivity contribution in [3.8, 4) is 0 Å². The van der Waals surface area contributed by atoms with Crippen LogP contribution in [0.3, 0.4) is 0 Å². The van der Waals surface area contributed by atoms with E-state index in [2.05, 4.69) is 50.4 Å². The standard InChI is InChI=1S/C25H30BrN3O2/c1-2-23(30)29-17-15-28(16-18-29)22-11-9-21(10-12-22)27-24(31)25(13-3-4-14-25)19-5-7-20(26)8-6-19/h5-12H,2-4,13-18H2,1H3,(H,27,31). The predicted octanol–water partition coefficient (Wildman–Crippen LogP) is 4.96. The van der Waals surface area contributed by atoms with Gasteiger partial charge in [-0.05, 0) is 54.8 Å². The normalized spacial score (nSPS) is 18.1. The maximum atomic E-state index is 13.4. The van der Waals surface area contributed by atoms with Crippen LogP contribution in [0.2, 0.25) is 0 Å². The van der Waals surface area contributed by atoms with Crippen LogP contribution < -0.4 is 10.2 Å². The average Bonchev–Trinajstić information content (AvgIpc) is 3.31. The van der Waals surface area contributed by atoms with Gasteiger partial charge in [0, 0.05) is 48.4 Å². The number of carbonyl (C=O) groups is 2. The molecule has 2 fully saturated rings. The maximum absolute atomic E-state index is 13.4. The first-order valence-corrected chi connectivity index (χ1v) is 12.0. The van der Waals surface area contributed by atoms with Gasteiger partial charge in [-0.15, -0.1) is 0 Å². The Morgan fingerprint density at radius 2 is 1.55 bits per heavy atom. The lowest BCUT2D eigenvalue weighted by molar-refractivity contribution is -0.131. The van der Waals surface area contributed by atoms with Crippen molar-refractivity contribution in [2.75, 3.05) is 36.4 Å². The molecule has 2 amide bonds. The van der Waals surface area contributed by atoms with Gasteiger partial charge in [-0.3, -0.25) is 9.59 Å². The number of nitrogens with one attached hydrogen (secondary N) is 1. The van der Waals surface area contributed by atoms with E-state index >= 15 is 0 Å². The van der Waals surface area contributed by atoms with Gasteiger partial charge in [0.2, 0.25) is 11.8 Å². The van der Waals surface area contributed by atoms with Gasteiger partial charge < -0.3 is 15.1 Å². The van der Waals surface area contributed by atoms with E-state index in [9.17, 15) is 9.59 Å². The van der Waals surface area contributed by atoms with Gasteiger partial charge in [-0.25, -0.2) is 0 Å². The van der Waals surface area contributed by atoms with Crippen LogP contribution in [0.5, 0.6) is 0 Å². The zero-order valence-electron chi connectivity index (χ0n) is 18.1. The minimum absolute atomic E-state index is 0.0896. The highest BCUT2D eigenvalue weighted by Crippen LogP contribution is 2.42. The molecule has 0 aromatic heterocycles. The van der Waals surface area contributed by atoms with E-state index in [4.69, 9.17) is 0 Å². The van der Waals surface area contributed by atoms with E-state index < -0.39 is 5.41 Å². The summed E-state index contributed by atoms with van der Waals surface area (Å²) in [4.78, 5) is 29.5. The molecule has 5 nitrogen and oxygen atoms in total. The van der Waals surface area contributed by atoms with Gasteiger partial charge in [-0.2, -0.15) is 0 Å². The van der Waals surface area contributed by atoms with Crippen LogP contribution in [-0.4, -0.2) is 42.9 Å². The lowest BCUT2D eigenvalue weighted by Gasteiger charge is -2.36. The second kappa shape index (κ2) is 9.43. The van der Waals surface area contributed by atoms with Crippen molar-refractivity contribution < 1.29 is 9.59 Å². The molecular formula is C25H30BrN3O2. The molecule has 0 bridgehead atoms. The third-order valence-corrected chi connectivity index (χ3v) is 7.24. The van der Waals surface area contributed by atoms with E-state index in [1.807, 2.05) is 36.1 Å². The molecule has 2 aromatic rings. The molecule has 2 aliphatic rings. The van der Waals surface area contributed by atoms with Crippen molar-refractivity contribution in [2.45, 2.75) is 44.4 Å². The molecule has 0 spiro atoms. The van der Waals surface area contributed by atoms with E-state index in [1.54, 1.807) is 0 Å². The summed E-state index contributed by atoms with van der Waals surface area (Å²) in [5, 5.41) is 3.18. The number of halogens is 1. The first-order chi connectivity index (χ1) is 15.0. The highest BCUT2D eigenvalue weighted by Gasteiger charge is 2.42. The molecule has 4 rings (SSSR count). The lowest BCUT2D eigenvalue weighted by Crippen LogP contribution is -2.48. The summed E-state index contributed by atoms with van der Waals surface area (Å²) in [6.07, 6.45) is 4.50. The van der Waals surface area contributed by atoms with Crippen molar-refractivity contribution in [3.05, 3.63) is 58.6 Å². The van der Waals surface area contributed by atoms with Crippen LogP contribution in [-0.2, 0) is 15.0 Å². The zero-order chi connectivity index (χ0) is 21.8. The summed E-state index contributed by atoms with van der Waals surface area (Å²) >= 11 is 3.49.